The standard InChI is InChI=1S/C32H45NO3/c1-27(2)10-12-32(24-18-36-24)13-11-31(7)25(20(32)16-27)21(34)14-23-29(5)15-19(17-33)26(35)28(3,4)22(29)8-9-30(23,31)6/h15,20,22-25H,8-14,16,18H2,1-7H3/t20?,22-,23+,24?,25?,29-,30+,31+,32-/m0/s1. The van der Waals surface area contributed by atoms with Gasteiger partial charge in [0.25, 0.3) is 0 Å². The van der Waals surface area contributed by atoms with Gasteiger partial charge < -0.3 is 4.74 Å². The number of carbonyl (C=O) groups is 2. The Kier molecular flexibility index (Phi) is 4.92. The molecule has 0 spiro atoms. The summed E-state index contributed by atoms with van der Waals surface area (Å²) in [5.74, 6) is 1.26. The third-order valence-corrected chi connectivity index (χ3v) is 13.5. The monoisotopic (exact) mass is 491 g/mol. The normalized spacial score (nSPS) is 52.6. The van der Waals surface area contributed by atoms with Gasteiger partial charge in [0.05, 0.1) is 18.3 Å². The second-order valence-corrected chi connectivity index (χ2v) is 15.7. The van der Waals surface area contributed by atoms with E-state index in [-0.39, 0.29) is 50.6 Å². The molecule has 0 aromatic heterocycles. The zero-order valence-electron chi connectivity index (χ0n) is 23.5. The minimum atomic E-state index is -0.574. The zero-order valence-corrected chi connectivity index (χ0v) is 23.5. The van der Waals surface area contributed by atoms with E-state index in [0.717, 1.165) is 32.3 Å². The number of fused-ring (bicyclic) bond motifs is 7. The van der Waals surface area contributed by atoms with Gasteiger partial charge in [0, 0.05) is 23.2 Å². The molecule has 5 fully saturated rings. The Hall–Kier alpha value is -1.47. The molecule has 0 amide bonds. The number of ether oxygens (including phenoxy) is 1. The van der Waals surface area contributed by atoms with Crippen molar-refractivity contribution in [1.82, 2.24) is 0 Å². The summed E-state index contributed by atoms with van der Waals surface area (Å²) in [7, 11) is 0. The van der Waals surface area contributed by atoms with Crippen LogP contribution in [0.1, 0.15) is 99.8 Å². The van der Waals surface area contributed by atoms with E-state index < -0.39 is 5.41 Å². The molecule has 0 aromatic carbocycles. The van der Waals surface area contributed by atoms with Crippen molar-refractivity contribution < 1.29 is 14.3 Å². The molecule has 9 atom stereocenters. The Morgan fingerprint density at radius 3 is 2.22 bits per heavy atom. The van der Waals surface area contributed by atoms with E-state index in [1.54, 1.807) is 0 Å². The minimum Gasteiger partial charge on any atom is -0.373 e. The van der Waals surface area contributed by atoms with Crippen LogP contribution in [0.15, 0.2) is 11.6 Å². The largest absolute Gasteiger partial charge is 0.373 e. The Bertz CT molecular complexity index is 1110. The molecule has 6 rings (SSSR count). The van der Waals surface area contributed by atoms with E-state index in [0.29, 0.717) is 29.8 Å². The van der Waals surface area contributed by atoms with E-state index in [4.69, 9.17) is 4.74 Å². The number of ketones is 2. The van der Waals surface area contributed by atoms with Crippen LogP contribution in [0, 0.1) is 67.5 Å². The average molecular weight is 492 g/mol. The van der Waals surface area contributed by atoms with E-state index in [1.807, 2.05) is 19.9 Å². The quantitative estimate of drug-likeness (QED) is 0.383. The van der Waals surface area contributed by atoms with Crippen LogP contribution in [-0.4, -0.2) is 24.3 Å². The summed E-state index contributed by atoms with van der Waals surface area (Å²) in [4.78, 5) is 27.7. The molecular weight excluding hydrogens is 446 g/mol. The van der Waals surface area contributed by atoms with Crippen LogP contribution in [0.4, 0.5) is 0 Å². The molecule has 0 aromatic rings. The fraction of sp³-hybridized carbons (Fsp3) is 0.844. The first-order valence-corrected chi connectivity index (χ1v) is 14.5. The second kappa shape index (κ2) is 7.13. The lowest BCUT2D eigenvalue weighted by Crippen LogP contribution is -2.69. The van der Waals surface area contributed by atoms with Crippen molar-refractivity contribution in [3.8, 4) is 6.07 Å². The summed E-state index contributed by atoms with van der Waals surface area (Å²) >= 11 is 0. The van der Waals surface area contributed by atoms with Crippen molar-refractivity contribution in [2.24, 2.45) is 56.2 Å². The maximum atomic E-state index is 14.5. The van der Waals surface area contributed by atoms with Gasteiger partial charge >= 0.3 is 0 Å². The van der Waals surface area contributed by atoms with Crippen LogP contribution in [0.3, 0.4) is 0 Å². The average Bonchev–Trinajstić information content (AvgIpc) is 3.63. The molecule has 3 unspecified atom stereocenters. The predicted molar refractivity (Wildman–Crippen MR) is 139 cm³/mol. The van der Waals surface area contributed by atoms with Gasteiger partial charge in [0.15, 0.2) is 5.78 Å². The number of Topliss-reactive ketones (excluding diaryl/α,β-unsaturated/α-hetero) is 2. The molecule has 1 aliphatic heterocycles. The number of rotatable bonds is 1. The van der Waals surface area contributed by atoms with Gasteiger partial charge in [-0.05, 0) is 84.4 Å². The summed E-state index contributed by atoms with van der Waals surface area (Å²) in [6.45, 7) is 17.0. The van der Waals surface area contributed by atoms with Gasteiger partial charge in [-0.2, -0.15) is 5.26 Å². The Morgan fingerprint density at radius 1 is 0.917 bits per heavy atom. The molecule has 5 aliphatic carbocycles. The number of hydrogen-bond acceptors (Lipinski definition) is 4. The number of allylic oxidation sites excluding steroid dienone is 2. The van der Waals surface area contributed by atoms with Crippen molar-refractivity contribution in [2.75, 3.05) is 6.61 Å². The zero-order chi connectivity index (χ0) is 26.1. The van der Waals surface area contributed by atoms with E-state index in [2.05, 4.69) is 40.7 Å². The third kappa shape index (κ3) is 2.85. The van der Waals surface area contributed by atoms with Crippen LogP contribution in [0.25, 0.3) is 0 Å². The highest BCUT2D eigenvalue weighted by atomic mass is 16.6. The lowest BCUT2D eigenvalue weighted by molar-refractivity contribution is -0.224. The van der Waals surface area contributed by atoms with Crippen molar-refractivity contribution >= 4 is 11.6 Å². The molecule has 36 heavy (non-hydrogen) atoms. The van der Waals surface area contributed by atoms with E-state index in [1.165, 1.54) is 19.3 Å². The van der Waals surface area contributed by atoms with Gasteiger partial charge in [-0.3, -0.25) is 9.59 Å². The number of hydrogen-bond donors (Lipinski definition) is 0. The first-order valence-electron chi connectivity index (χ1n) is 14.5. The predicted octanol–water partition coefficient (Wildman–Crippen LogP) is 6.68. The molecule has 6 aliphatic rings. The van der Waals surface area contributed by atoms with Crippen LogP contribution >= 0.6 is 0 Å². The molecule has 4 saturated carbocycles. The molecule has 1 heterocycles. The Morgan fingerprint density at radius 2 is 1.58 bits per heavy atom. The first kappa shape index (κ1) is 24.8. The Labute approximate surface area is 217 Å². The van der Waals surface area contributed by atoms with Gasteiger partial charge in [-0.25, -0.2) is 0 Å². The molecule has 4 heteroatoms. The topological polar surface area (TPSA) is 70.5 Å². The maximum Gasteiger partial charge on any atom is 0.178 e. The molecular formula is C32H45NO3. The summed E-state index contributed by atoms with van der Waals surface area (Å²) in [5.41, 5.74) is -0.209. The second-order valence-electron chi connectivity index (χ2n) is 15.7. The number of epoxide rings is 1. The van der Waals surface area contributed by atoms with Gasteiger partial charge in [0.1, 0.15) is 11.9 Å². The highest BCUT2D eigenvalue weighted by Crippen LogP contribution is 2.76. The third-order valence-electron chi connectivity index (χ3n) is 13.5. The fourth-order valence-corrected chi connectivity index (χ4v) is 11.3. The lowest BCUT2D eigenvalue weighted by Gasteiger charge is -2.72. The highest BCUT2D eigenvalue weighted by Gasteiger charge is 2.73. The van der Waals surface area contributed by atoms with Crippen LogP contribution < -0.4 is 0 Å². The highest BCUT2D eigenvalue weighted by molar-refractivity contribution is 6.04. The van der Waals surface area contributed by atoms with Crippen molar-refractivity contribution in [2.45, 2.75) is 106 Å². The molecule has 1 saturated heterocycles. The molecule has 0 bridgehead atoms. The van der Waals surface area contributed by atoms with Crippen molar-refractivity contribution in [3.63, 3.8) is 0 Å². The van der Waals surface area contributed by atoms with Gasteiger partial charge in [0.2, 0.25) is 0 Å². The van der Waals surface area contributed by atoms with Gasteiger partial charge in [-0.15, -0.1) is 0 Å². The summed E-state index contributed by atoms with van der Waals surface area (Å²) in [6, 6.07) is 2.24. The lowest BCUT2D eigenvalue weighted by atomic mass is 9.31. The van der Waals surface area contributed by atoms with E-state index in [9.17, 15) is 14.9 Å². The Balaban J connectivity index is 1.47. The molecule has 0 radical (unpaired) electrons. The van der Waals surface area contributed by atoms with Crippen LogP contribution in [0.2, 0.25) is 0 Å². The minimum absolute atomic E-state index is 0.00250. The maximum absolute atomic E-state index is 14.5. The first-order chi connectivity index (χ1) is 16.7. The SMILES string of the molecule is CC1(C)CC[C@]2(C3CO3)CC[C@]3(C)C(C(=O)C[C@@H]4[C@@]5(C)C=C(C#N)C(=O)C(C)(C)[C@@H]5CC[C@]43C)C2C1. The van der Waals surface area contributed by atoms with Crippen LogP contribution in [-0.2, 0) is 14.3 Å². The fourth-order valence-electron chi connectivity index (χ4n) is 11.3. The number of nitrogens with zero attached hydrogens (tertiary/aromatic N) is 1. The number of carbonyl (C=O) groups excluding carboxylic acids is 2. The van der Waals surface area contributed by atoms with Crippen LogP contribution in [0.5, 0.6) is 0 Å². The summed E-state index contributed by atoms with van der Waals surface area (Å²) < 4.78 is 6.02. The summed E-state index contributed by atoms with van der Waals surface area (Å²) in [6.07, 6.45) is 10.8. The molecule has 196 valence electrons. The van der Waals surface area contributed by atoms with E-state index >= 15 is 0 Å². The van der Waals surface area contributed by atoms with Gasteiger partial charge in [-0.1, -0.05) is 54.5 Å². The molecule has 4 nitrogen and oxygen atoms in total. The molecule has 0 N–H and O–H groups in total. The number of nitriles is 1. The van der Waals surface area contributed by atoms with Crippen molar-refractivity contribution in [3.05, 3.63) is 11.6 Å². The smallest absolute Gasteiger partial charge is 0.178 e. The van der Waals surface area contributed by atoms with Crippen molar-refractivity contribution in [1.29, 1.82) is 5.26 Å². The summed E-state index contributed by atoms with van der Waals surface area (Å²) in [5, 5.41) is 9.90.